The first-order chi connectivity index (χ1) is 44.5. The van der Waals surface area contributed by atoms with Crippen molar-refractivity contribution in [3.05, 3.63) is 88.7 Å². The van der Waals surface area contributed by atoms with Crippen LogP contribution < -0.4 is 44.2 Å². The predicted molar refractivity (Wildman–Crippen MR) is 357 cm³/mol. The number of amides is 1. The Morgan fingerprint density at radius 2 is 1.05 bits per heavy atom. The molecule has 0 saturated heterocycles. The molecule has 0 unspecified atom stereocenters. The zero-order chi connectivity index (χ0) is 65.5. The van der Waals surface area contributed by atoms with E-state index < -0.39 is 0 Å². The molecule has 10 aromatic rings. The first-order valence-corrected chi connectivity index (χ1v) is 30.4. The maximum absolute atomic E-state index is 13.4. The van der Waals surface area contributed by atoms with E-state index in [4.69, 9.17) is 74.4 Å². The summed E-state index contributed by atoms with van der Waals surface area (Å²) in [6, 6.07) is 15.5. The van der Waals surface area contributed by atoms with Crippen molar-refractivity contribution < 1.29 is 67.0 Å². The molecule has 4 aromatic carbocycles. The van der Waals surface area contributed by atoms with Crippen LogP contribution in [0, 0.1) is 41.5 Å². The van der Waals surface area contributed by atoms with Crippen LogP contribution >= 0.6 is 0 Å². The molecule has 6 aromatic heterocycles. The molecular weight excluding hydrogens is 1190 g/mol. The van der Waals surface area contributed by atoms with Crippen LogP contribution in [0.5, 0.6) is 40.2 Å². The standard InChI is InChI=1S/C32H33N5O6.C26H22N4O6.C6H13NO.C2H6.2CH4.BH2O/c1-15-26(16(2)43-37-15)23-13-24-22(14-25(23)40-4)27-28(33-17(3)34-31(27)36-24)20-9-10-21(30-29(20)41-11-12-42-30)32(39)35-18-5-7-19(38)8-6-18;1-12-21(13(2)36-30-12)17-9-18-16(10-20(17)32-4)22-23(27-14(3)28-26(22)29-18)15-5-6-19(35-11-31)25-24(15)33-7-8-34-25;7-5-1-3-6(8)4-2-5;1-2;;;1-2/h9-10,13-14,18-19,38H,5-8,11-12H2,1-4H3,(H,35,39)(H,33,34,36);5-6,9-11H,7-8H2,1-4H3,(H,27,28,29);5-6,8H,1-4,7H2;1-2H3;2*1H4;1-2H/i;;;;;;1T. The molecule has 1 amide bonds. The molecule has 493 valence electrons. The Morgan fingerprint density at radius 1 is 0.624 bits per heavy atom. The van der Waals surface area contributed by atoms with E-state index in [0.717, 1.165) is 105 Å². The van der Waals surface area contributed by atoms with Crippen molar-refractivity contribution in [1.29, 1.82) is 1.34 Å². The van der Waals surface area contributed by atoms with E-state index in [1.807, 2.05) is 91.8 Å². The third-order valence-corrected chi connectivity index (χ3v) is 16.4. The fraction of sp³-hybridized carbons (Fsp3) is 0.412. The normalized spacial score (nSPS) is 17.0. The molecule has 0 bridgehead atoms. The van der Waals surface area contributed by atoms with Gasteiger partial charge >= 0.3 is 0 Å². The van der Waals surface area contributed by atoms with Crippen LogP contribution in [0.25, 0.3) is 88.6 Å². The largest absolute Gasteiger partial charge is 0.496 e. The molecule has 2 fully saturated rings. The van der Waals surface area contributed by atoms with Crippen LogP contribution in [0.4, 0.5) is 0 Å². The highest BCUT2D eigenvalue weighted by Crippen LogP contribution is 2.50. The van der Waals surface area contributed by atoms with Crippen molar-refractivity contribution in [1.82, 2.24) is 45.5 Å². The summed E-state index contributed by atoms with van der Waals surface area (Å²) in [5.41, 5.74) is 16.8. The lowest BCUT2D eigenvalue weighted by molar-refractivity contribution is -0.120. The number of carbonyl (C=O) groups is 2. The minimum atomic E-state index is -0.294. The van der Waals surface area contributed by atoms with Gasteiger partial charge in [0.25, 0.3) is 20.4 Å². The summed E-state index contributed by atoms with van der Waals surface area (Å²) in [5, 5.41) is 40.6. The number of methoxy groups -OCH3 is 2. The number of nitrogens with one attached hydrogen (secondary N) is 3. The lowest BCUT2D eigenvalue weighted by Crippen LogP contribution is -2.39. The van der Waals surface area contributed by atoms with Gasteiger partial charge in [-0.3, -0.25) is 9.59 Å². The van der Waals surface area contributed by atoms with Crippen LogP contribution in [-0.2, 0) is 4.79 Å². The Balaban J connectivity index is 0.000000201. The molecule has 8 N–H and O–H groups in total. The SMILES string of the molecule is C.C.CC.COc1cc2c(cc1-c1c(C)noc1C)[nH]c1nc(C)nc(-c3ccc(C(=O)NC4CCC(O)CC4)c4c3OCCO4)c12.COc1cc2c(cc1-c1c(C)noc1C)[nH]c1nc(C)nc(-c3ccc(OC=O)c4c3OCCO4)c12.NC1CCC(O)CC1.[3H][B]O. The molecule has 8 heterocycles. The van der Waals surface area contributed by atoms with Crippen LogP contribution in [-0.4, -0.2) is 142 Å². The van der Waals surface area contributed by atoms with Crippen molar-refractivity contribution in [2.75, 3.05) is 40.6 Å². The van der Waals surface area contributed by atoms with E-state index in [0.29, 0.717) is 149 Å². The molecule has 25 heteroatoms. The third-order valence-electron chi connectivity index (χ3n) is 16.4. The van der Waals surface area contributed by atoms with Gasteiger partial charge in [0.15, 0.2) is 23.0 Å². The Labute approximate surface area is 542 Å². The van der Waals surface area contributed by atoms with Gasteiger partial charge in [-0.15, -0.1) is 0 Å². The number of benzene rings is 4. The van der Waals surface area contributed by atoms with Gasteiger partial charge in [0.2, 0.25) is 5.75 Å². The van der Waals surface area contributed by atoms with E-state index in [1.165, 1.54) is 0 Å². The number of H-pyrrole nitrogens is 2. The van der Waals surface area contributed by atoms with Gasteiger partial charge in [0.05, 0.1) is 76.7 Å². The van der Waals surface area contributed by atoms with E-state index in [9.17, 15) is 14.7 Å². The smallest absolute Gasteiger partial charge is 0.298 e. The summed E-state index contributed by atoms with van der Waals surface area (Å²) >= 11 is 0. The number of nitrogens with two attached hydrogens (primary N) is 1. The lowest BCUT2D eigenvalue weighted by Gasteiger charge is -2.27. The van der Waals surface area contributed by atoms with Crippen molar-refractivity contribution >= 4 is 64.3 Å². The topological polar surface area (TPSA) is 333 Å². The van der Waals surface area contributed by atoms with Crippen molar-refractivity contribution in [3.8, 4) is 85.0 Å². The van der Waals surface area contributed by atoms with Crippen LogP contribution in [0.2, 0.25) is 0 Å². The maximum Gasteiger partial charge on any atom is 0.298 e. The first kappa shape index (κ1) is 68.1. The highest BCUT2D eigenvalue weighted by atomic mass is 16.6. The molecular formula is C68H84BN10O14. The number of aliphatic hydroxyl groups is 2. The highest BCUT2D eigenvalue weighted by Gasteiger charge is 2.31. The second-order valence-corrected chi connectivity index (χ2v) is 22.3. The molecule has 2 aliphatic heterocycles. The first-order valence-electron chi connectivity index (χ1n) is 31.0. The van der Waals surface area contributed by atoms with Gasteiger partial charge in [-0.05, 0) is 141 Å². The summed E-state index contributed by atoms with van der Waals surface area (Å²) in [7, 11) is 3.52. The van der Waals surface area contributed by atoms with E-state index >= 15 is 0 Å². The van der Waals surface area contributed by atoms with E-state index in [2.05, 4.69) is 30.6 Å². The molecule has 1 radical (unpaired) electrons. The fourth-order valence-electron chi connectivity index (χ4n) is 12.3. The van der Waals surface area contributed by atoms with Gasteiger partial charge in [-0.1, -0.05) is 39.0 Å². The number of aliphatic hydroxyl groups excluding tert-OH is 2. The average molecular weight is 1280 g/mol. The number of hydrogen-bond acceptors (Lipinski definition) is 21. The summed E-state index contributed by atoms with van der Waals surface area (Å²) in [4.78, 5) is 50.3. The summed E-state index contributed by atoms with van der Waals surface area (Å²) in [6.07, 6.45) is 6.30. The van der Waals surface area contributed by atoms with Crippen molar-refractivity contribution in [3.63, 3.8) is 0 Å². The number of nitrogens with zero attached hydrogens (tertiary/aromatic N) is 6. The van der Waals surface area contributed by atoms with Gasteiger partial charge < -0.3 is 78.5 Å². The Kier molecular flexibility index (Phi) is 22.3. The van der Waals surface area contributed by atoms with E-state index in [-0.39, 0.29) is 52.8 Å². The molecule has 2 aliphatic carbocycles. The number of aromatic amines is 2. The summed E-state index contributed by atoms with van der Waals surface area (Å²) < 4.78 is 57.2. The van der Waals surface area contributed by atoms with Gasteiger partial charge in [-0.25, -0.2) is 19.9 Å². The molecule has 93 heavy (non-hydrogen) atoms. The van der Waals surface area contributed by atoms with Gasteiger partial charge in [-0.2, -0.15) is 0 Å². The average Bonchev–Trinajstić information content (AvgIpc) is 1.53. The lowest BCUT2D eigenvalue weighted by atomic mass is 9.93. The molecule has 14 rings (SSSR count). The van der Waals surface area contributed by atoms with Crippen LogP contribution in [0.1, 0.15) is 125 Å². The number of aryl methyl sites for hydroxylation is 6. The minimum absolute atomic E-state index is 0. The molecule has 0 spiro atoms. The molecule has 4 aliphatic rings. The molecule has 0 atom stereocenters. The quantitative estimate of drug-likeness (QED) is 0.0494. The Hall–Kier alpha value is -9.30. The third kappa shape index (κ3) is 14.1. The predicted octanol–water partition coefficient (Wildman–Crippen LogP) is 11.2. The number of ether oxygens (including phenoxy) is 7. The van der Waals surface area contributed by atoms with Crippen molar-refractivity contribution in [2.24, 2.45) is 5.73 Å². The zero-order valence-electron chi connectivity index (χ0n) is 53.7. The summed E-state index contributed by atoms with van der Waals surface area (Å²) in [5.74, 6) is 5.69. The van der Waals surface area contributed by atoms with Crippen molar-refractivity contribution in [2.45, 2.75) is 146 Å². The van der Waals surface area contributed by atoms with Gasteiger partial charge in [0, 0.05) is 57.5 Å². The van der Waals surface area contributed by atoms with Crippen LogP contribution in [0.15, 0.2) is 57.6 Å². The Bertz CT molecular complexity index is 4260. The monoisotopic (exact) mass is 1280 g/mol. The number of hydrogen-bond donors (Lipinski definition) is 7. The van der Waals surface area contributed by atoms with Crippen LogP contribution in [0.3, 0.4) is 0 Å². The molecule has 2 saturated carbocycles. The number of rotatable bonds is 10. The zero-order valence-corrected chi connectivity index (χ0v) is 52.7. The Morgan fingerprint density at radius 3 is 1.48 bits per heavy atom. The van der Waals surface area contributed by atoms with Gasteiger partial charge in [0.1, 0.15) is 72.4 Å². The maximum atomic E-state index is 13.4. The van der Waals surface area contributed by atoms with E-state index in [1.54, 1.807) is 26.4 Å². The number of fused-ring (bicyclic) bond motifs is 8. The highest BCUT2D eigenvalue weighted by molar-refractivity contribution is 6.16. The second-order valence-electron chi connectivity index (χ2n) is 22.3. The molecule has 24 nitrogen and oxygen atoms in total. The number of aromatic nitrogens is 8. The fourth-order valence-corrected chi connectivity index (χ4v) is 12.3. The minimum Gasteiger partial charge on any atom is -0.496 e. The second kappa shape index (κ2) is 30.4. The number of carbonyl (C=O) groups excluding carboxylic acids is 2. The summed E-state index contributed by atoms with van der Waals surface area (Å²) in [6.45, 7) is 17.0.